The molecular formula is C15H19F3N2O2. The Morgan fingerprint density at radius 3 is 2.82 bits per heavy atom. The Balaban J connectivity index is 2.00. The van der Waals surface area contributed by atoms with Gasteiger partial charge in [-0.05, 0) is 37.1 Å². The van der Waals surface area contributed by atoms with Crippen LogP contribution in [-0.4, -0.2) is 25.6 Å². The molecule has 22 heavy (non-hydrogen) atoms. The van der Waals surface area contributed by atoms with Crippen LogP contribution in [-0.2, 0) is 17.5 Å². The molecule has 0 aliphatic carbocycles. The highest BCUT2D eigenvalue weighted by molar-refractivity contribution is 5.76. The number of alkyl halides is 3. The molecule has 0 saturated carbocycles. The van der Waals surface area contributed by atoms with Gasteiger partial charge < -0.3 is 15.4 Å². The first-order chi connectivity index (χ1) is 10.4. The number of carbonyl (C=O) groups excluding carboxylic acids is 1. The summed E-state index contributed by atoms with van der Waals surface area (Å²) < 4.78 is 43.9. The van der Waals surface area contributed by atoms with Gasteiger partial charge in [0.25, 0.3) is 0 Å². The summed E-state index contributed by atoms with van der Waals surface area (Å²) in [5.74, 6) is -0.110. The summed E-state index contributed by atoms with van der Waals surface area (Å²) in [4.78, 5) is 11.8. The van der Waals surface area contributed by atoms with Gasteiger partial charge in [0.15, 0.2) is 0 Å². The van der Waals surface area contributed by atoms with Gasteiger partial charge in [0, 0.05) is 19.0 Å². The van der Waals surface area contributed by atoms with Gasteiger partial charge in [-0.25, -0.2) is 0 Å². The third-order valence-electron chi connectivity index (χ3n) is 3.69. The summed E-state index contributed by atoms with van der Waals surface area (Å²) in [5, 5.41) is 5.74. The van der Waals surface area contributed by atoms with Crippen molar-refractivity contribution >= 4 is 5.91 Å². The van der Waals surface area contributed by atoms with Crippen molar-refractivity contribution in [3.63, 3.8) is 0 Å². The standard InChI is InChI=1S/C15H19F3N2O2/c1-22-12-5-4-10(13(8-12)15(16,17)18)9-20-14(21)7-11-3-2-6-19-11/h4-5,8,11,19H,2-3,6-7,9H2,1H3,(H,20,21). The Bertz CT molecular complexity index is 526. The first-order valence-electron chi connectivity index (χ1n) is 7.14. The van der Waals surface area contributed by atoms with Crippen LogP contribution in [0, 0.1) is 0 Å². The van der Waals surface area contributed by atoms with Gasteiger partial charge >= 0.3 is 6.18 Å². The lowest BCUT2D eigenvalue weighted by Gasteiger charge is -2.15. The van der Waals surface area contributed by atoms with E-state index in [1.807, 2.05) is 0 Å². The topological polar surface area (TPSA) is 50.4 Å². The van der Waals surface area contributed by atoms with Crippen molar-refractivity contribution in [3.8, 4) is 5.75 Å². The predicted octanol–water partition coefficient (Wildman–Crippen LogP) is 2.47. The lowest BCUT2D eigenvalue weighted by Crippen LogP contribution is -2.32. The van der Waals surface area contributed by atoms with E-state index in [-0.39, 0.29) is 36.2 Å². The van der Waals surface area contributed by atoms with Crippen LogP contribution < -0.4 is 15.4 Å². The van der Waals surface area contributed by atoms with Gasteiger partial charge in [-0.3, -0.25) is 4.79 Å². The van der Waals surface area contributed by atoms with E-state index in [0.717, 1.165) is 25.5 Å². The Kier molecular flexibility index (Phi) is 5.28. The average molecular weight is 316 g/mol. The van der Waals surface area contributed by atoms with E-state index in [9.17, 15) is 18.0 Å². The van der Waals surface area contributed by atoms with Crippen molar-refractivity contribution in [1.29, 1.82) is 0 Å². The van der Waals surface area contributed by atoms with Crippen molar-refractivity contribution < 1.29 is 22.7 Å². The zero-order chi connectivity index (χ0) is 16.2. The number of carbonyl (C=O) groups is 1. The minimum absolute atomic E-state index is 0.0287. The van der Waals surface area contributed by atoms with E-state index in [4.69, 9.17) is 4.74 Å². The largest absolute Gasteiger partial charge is 0.497 e. The third-order valence-corrected chi connectivity index (χ3v) is 3.69. The van der Waals surface area contributed by atoms with Crippen LogP contribution in [0.1, 0.15) is 30.4 Å². The summed E-state index contributed by atoms with van der Waals surface area (Å²) in [5.41, 5.74) is -0.757. The minimum Gasteiger partial charge on any atom is -0.497 e. The molecule has 2 rings (SSSR count). The molecule has 1 atom stereocenters. The predicted molar refractivity (Wildman–Crippen MR) is 75.5 cm³/mol. The lowest BCUT2D eigenvalue weighted by atomic mass is 10.1. The normalized spacial score (nSPS) is 18.3. The Morgan fingerprint density at radius 1 is 1.45 bits per heavy atom. The molecule has 0 radical (unpaired) electrons. The summed E-state index contributed by atoms with van der Waals surface area (Å²) in [6.07, 6.45) is -2.25. The van der Waals surface area contributed by atoms with Crippen LogP contribution in [0.15, 0.2) is 18.2 Å². The maximum absolute atomic E-state index is 13.0. The molecular weight excluding hydrogens is 297 g/mol. The molecule has 1 aliphatic heterocycles. The smallest absolute Gasteiger partial charge is 0.416 e. The second kappa shape index (κ2) is 7.00. The highest BCUT2D eigenvalue weighted by atomic mass is 19.4. The first-order valence-corrected chi connectivity index (χ1v) is 7.14. The molecule has 1 saturated heterocycles. The van der Waals surface area contributed by atoms with E-state index in [2.05, 4.69) is 10.6 Å². The number of amides is 1. The molecule has 0 bridgehead atoms. The Hall–Kier alpha value is -1.76. The highest BCUT2D eigenvalue weighted by Crippen LogP contribution is 2.34. The number of hydrogen-bond donors (Lipinski definition) is 2. The molecule has 7 heteroatoms. The Labute approximate surface area is 127 Å². The van der Waals surface area contributed by atoms with Crippen molar-refractivity contribution in [2.75, 3.05) is 13.7 Å². The molecule has 1 amide bonds. The molecule has 0 aromatic heterocycles. The summed E-state index contributed by atoms with van der Waals surface area (Å²) in [6, 6.07) is 3.85. The zero-order valence-corrected chi connectivity index (χ0v) is 12.3. The highest BCUT2D eigenvalue weighted by Gasteiger charge is 2.33. The molecule has 1 aliphatic rings. The van der Waals surface area contributed by atoms with Gasteiger partial charge in [0.2, 0.25) is 5.91 Å². The number of hydrogen-bond acceptors (Lipinski definition) is 3. The molecule has 1 fully saturated rings. The van der Waals surface area contributed by atoms with Gasteiger partial charge in [-0.1, -0.05) is 6.07 Å². The monoisotopic (exact) mass is 316 g/mol. The van der Waals surface area contributed by atoms with Crippen LogP contribution in [0.3, 0.4) is 0 Å². The van der Waals surface area contributed by atoms with E-state index in [1.54, 1.807) is 0 Å². The summed E-state index contributed by atoms with van der Waals surface area (Å²) >= 11 is 0. The van der Waals surface area contributed by atoms with Crippen LogP contribution >= 0.6 is 0 Å². The SMILES string of the molecule is COc1ccc(CNC(=O)CC2CCCN2)c(C(F)(F)F)c1. The van der Waals surface area contributed by atoms with E-state index in [1.165, 1.54) is 19.2 Å². The molecule has 4 nitrogen and oxygen atoms in total. The fourth-order valence-corrected chi connectivity index (χ4v) is 2.52. The summed E-state index contributed by atoms with van der Waals surface area (Å²) in [6.45, 7) is 0.735. The van der Waals surface area contributed by atoms with Crippen molar-refractivity contribution in [3.05, 3.63) is 29.3 Å². The van der Waals surface area contributed by atoms with Crippen LogP contribution in [0.4, 0.5) is 13.2 Å². The molecule has 1 unspecified atom stereocenters. The average Bonchev–Trinajstić information content (AvgIpc) is 2.96. The van der Waals surface area contributed by atoms with Gasteiger partial charge in [-0.2, -0.15) is 13.2 Å². The number of ether oxygens (including phenoxy) is 1. The van der Waals surface area contributed by atoms with Crippen LogP contribution in [0.25, 0.3) is 0 Å². The zero-order valence-electron chi connectivity index (χ0n) is 12.3. The fraction of sp³-hybridized carbons (Fsp3) is 0.533. The molecule has 1 aromatic carbocycles. The van der Waals surface area contributed by atoms with E-state index >= 15 is 0 Å². The first kappa shape index (κ1) is 16.6. The number of rotatable bonds is 5. The third kappa shape index (κ3) is 4.37. The van der Waals surface area contributed by atoms with Crippen molar-refractivity contribution in [2.45, 2.75) is 38.0 Å². The number of nitrogens with one attached hydrogen (secondary N) is 2. The number of benzene rings is 1. The number of halogens is 3. The molecule has 1 heterocycles. The molecule has 0 spiro atoms. The lowest BCUT2D eigenvalue weighted by molar-refractivity contribution is -0.138. The maximum Gasteiger partial charge on any atom is 0.416 e. The maximum atomic E-state index is 13.0. The van der Waals surface area contributed by atoms with E-state index < -0.39 is 11.7 Å². The quantitative estimate of drug-likeness (QED) is 0.877. The second-order valence-corrected chi connectivity index (χ2v) is 5.29. The Morgan fingerprint density at radius 2 is 2.23 bits per heavy atom. The van der Waals surface area contributed by atoms with E-state index in [0.29, 0.717) is 0 Å². The van der Waals surface area contributed by atoms with Crippen LogP contribution in [0.2, 0.25) is 0 Å². The molecule has 1 aromatic rings. The second-order valence-electron chi connectivity index (χ2n) is 5.29. The fourth-order valence-electron chi connectivity index (χ4n) is 2.52. The summed E-state index contributed by atoms with van der Waals surface area (Å²) in [7, 11) is 1.31. The van der Waals surface area contributed by atoms with Crippen molar-refractivity contribution in [1.82, 2.24) is 10.6 Å². The van der Waals surface area contributed by atoms with Crippen LogP contribution in [0.5, 0.6) is 5.75 Å². The van der Waals surface area contributed by atoms with Gasteiger partial charge in [0.1, 0.15) is 5.75 Å². The van der Waals surface area contributed by atoms with Gasteiger partial charge in [0.05, 0.1) is 12.7 Å². The molecule has 122 valence electrons. The molecule has 2 N–H and O–H groups in total. The van der Waals surface area contributed by atoms with Crippen molar-refractivity contribution in [2.24, 2.45) is 0 Å². The van der Waals surface area contributed by atoms with Gasteiger partial charge in [-0.15, -0.1) is 0 Å². The number of methoxy groups -OCH3 is 1. The minimum atomic E-state index is -4.48.